The van der Waals surface area contributed by atoms with Gasteiger partial charge in [0.15, 0.2) is 0 Å². The lowest BCUT2D eigenvalue weighted by molar-refractivity contribution is -0.149. The summed E-state index contributed by atoms with van der Waals surface area (Å²) in [5.74, 6) is -2.40. The van der Waals surface area contributed by atoms with Crippen molar-refractivity contribution in [1.29, 1.82) is 0 Å². The van der Waals surface area contributed by atoms with E-state index in [4.69, 9.17) is 0 Å². The van der Waals surface area contributed by atoms with Gasteiger partial charge in [0.2, 0.25) is 5.91 Å². The monoisotopic (exact) mass is 420 g/mol. The number of carboxylic acids is 2. The molecule has 1 saturated heterocycles. The lowest BCUT2D eigenvalue weighted by Gasteiger charge is -2.27. The van der Waals surface area contributed by atoms with Crippen molar-refractivity contribution < 1.29 is 46.5 Å². The molecular weight excluding hydrogens is 388 g/mol. The maximum atomic E-state index is 12.5. The minimum absolute atomic E-state index is 0. The molecule has 1 aliphatic heterocycles. The molecule has 1 amide bonds. The Bertz CT molecular complexity index is 627. The highest BCUT2D eigenvalue weighted by Crippen LogP contribution is 2.18. The molecule has 2 rings (SSSR count). The fraction of sp³-hybridized carbons (Fsp3) is 0.500. The number of aryl methyl sites for hydroxylation is 1. The molecule has 1 heterocycles. The molecule has 0 aromatic heterocycles. The largest absolute Gasteiger partial charge is 0.480 e. The van der Waals surface area contributed by atoms with Crippen molar-refractivity contribution in [1.82, 2.24) is 10.2 Å². The number of amides is 1. The van der Waals surface area contributed by atoms with Crippen LogP contribution < -0.4 is 5.32 Å². The smallest absolute Gasteiger partial charge is 0.326 e. The van der Waals surface area contributed by atoms with Gasteiger partial charge in [0.25, 0.3) is 0 Å². The molecule has 1 aliphatic rings. The number of rotatable bonds is 8. The topological polar surface area (TPSA) is 233 Å². The van der Waals surface area contributed by atoms with Gasteiger partial charge >= 0.3 is 11.9 Å². The molecule has 0 aliphatic carbocycles. The fourth-order valence-corrected chi connectivity index (χ4v) is 3.14. The number of aliphatic carboxylic acids is 2. The molecule has 3 atom stereocenters. The average molecular weight is 420 g/mol. The van der Waals surface area contributed by atoms with Crippen LogP contribution in [-0.2, 0) is 20.8 Å². The zero-order chi connectivity index (χ0) is 18.4. The van der Waals surface area contributed by atoms with Crippen molar-refractivity contribution in [3.63, 3.8) is 0 Å². The molecule has 11 heteroatoms. The van der Waals surface area contributed by atoms with Crippen LogP contribution in [0.3, 0.4) is 0 Å². The van der Waals surface area contributed by atoms with E-state index in [1.807, 2.05) is 30.3 Å². The summed E-state index contributed by atoms with van der Waals surface area (Å²) >= 11 is 0. The second-order valence-electron chi connectivity index (χ2n) is 6.33. The number of carbonyl (C=O) groups is 3. The number of carbonyl (C=O) groups excluding carboxylic acids is 1. The first kappa shape index (κ1) is 31.1. The lowest BCUT2D eigenvalue weighted by atomic mass is 10.0. The van der Waals surface area contributed by atoms with Crippen molar-refractivity contribution in [2.75, 3.05) is 6.54 Å². The van der Waals surface area contributed by atoms with Gasteiger partial charge in [0.1, 0.15) is 12.1 Å². The second kappa shape index (κ2) is 14.4. The predicted molar refractivity (Wildman–Crippen MR) is 106 cm³/mol. The van der Waals surface area contributed by atoms with E-state index in [9.17, 15) is 24.6 Å². The Morgan fingerprint density at radius 3 is 2.21 bits per heavy atom. The summed E-state index contributed by atoms with van der Waals surface area (Å²) in [4.78, 5) is 36.5. The van der Waals surface area contributed by atoms with E-state index in [1.165, 1.54) is 4.90 Å². The standard InChI is InChI=1S/C18H24N2O5.4H2O/c1-12(16(21)20-11-5-8-15(20)18(24)25)19-14(17(22)23)10-9-13-6-3-2-4-7-13;;;;/h2-4,6-7,12,14-15,19H,5,8-11H2,1H3,(H,22,23)(H,24,25);4*1H2/t12-,14-,15-;;;;/m0..../s1. The van der Waals surface area contributed by atoms with Crippen LogP contribution >= 0.6 is 0 Å². The van der Waals surface area contributed by atoms with E-state index < -0.39 is 30.1 Å². The third-order valence-corrected chi connectivity index (χ3v) is 4.51. The Hall–Kier alpha value is -2.57. The highest BCUT2D eigenvalue weighted by atomic mass is 16.4. The molecule has 0 radical (unpaired) electrons. The third kappa shape index (κ3) is 8.54. The fourth-order valence-electron chi connectivity index (χ4n) is 3.14. The van der Waals surface area contributed by atoms with Gasteiger partial charge in [-0.1, -0.05) is 30.3 Å². The third-order valence-electron chi connectivity index (χ3n) is 4.51. The molecule has 0 unspecified atom stereocenters. The molecule has 0 spiro atoms. The quantitative estimate of drug-likeness (QED) is 0.422. The Morgan fingerprint density at radius 2 is 1.69 bits per heavy atom. The van der Waals surface area contributed by atoms with Crippen LogP contribution in [0.2, 0.25) is 0 Å². The van der Waals surface area contributed by atoms with Gasteiger partial charge < -0.3 is 37.0 Å². The average Bonchev–Trinajstić information content (AvgIpc) is 3.08. The van der Waals surface area contributed by atoms with E-state index in [2.05, 4.69) is 5.32 Å². The SMILES string of the molecule is C[C@H](N[C@@H](CCc1ccccc1)C(=O)O)C(=O)N1CCC[C@H]1C(=O)O.O.O.O.O. The van der Waals surface area contributed by atoms with Crippen molar-refractivity contribution in [2.45, 2.75) is 50.7 Å². The van der Waals surface area contributed by atoms with Crippen molar-refractivity contribution in [3.05, 3.63) is 35.9 Å². The molecule has 11 nitrogen and oxygen atoms in total. The highest BCUT2D eigenvalue weighted by Gasteiger charge is 2.36. The summed E-state index contributed by atoms with van der Waals surface area (Å²) in [7, 11) is 0. The predicted octanol–water partition coefficient (Wildman–Crippen LogP) is -2.17. The normalized spacial score (nSPS) is 16.7. The number of likely N-dealkylation sites (tertiary alicyclic amines) is 1. The maximum Gasteiger partial charge on any atom is 0.326 e. The Kier molecular flexibility index (Phi) is 15.5. The Morgan fingerprint density at radius 1 is 1.10 bits per heavy atom. The first-order valence-electron chi connectivity index (χ1n) is 8.46. The van der Waals surface area contributed by atoms with Gasteiger partial charge in [-0.15, -0.1) is 0 Å². The van der Waals surface area contributed by atoms with E-state index in [0.717, 1.165) is 5.56 Å². The molecule has 0 bridgehead atoms. The zero-order valence-electron chi connectivity index (χ0n) is 16.2. The molecule has 1 aromatic carbocycles. The minimum atomic E-state index is -1.02. The number of carboxylic acid groups (broad SMARTS) is 2. The number of benzene rings is 1. The van der Waals surface area contributed by atoms with Crippen LogP contribution in [0.15, 0.2) is 30.3 Å². The summed E-state index contributed by atoms with van der Waals surface area (Å²) in [5, 5.41) is 21.4. The molecular formula is C18H32N2O9. The van der Waals surface area contributed by atoms with Gasteiger partial charge in [-0.05, 0) is 38.2 Å². The first-order valence-corrected chi connectivity index (χ1v) is 8.46. The number of hydrogen-bond donors (Lipinski definition) is 3. The van der Waals surface area contributed by atoms with E-state index in [1.54, 1.807) is 6.92 Å². The number of hydrogen-bond acceptors (Lipinski definition) is 4. The number of nitrogens with zero attached hydrogens (tertiary/aromatic N) is 1. The minimum Gasteiger partial charge on any atom is -0.480 e. The Balaban J connectivity index is -0.00000169. The van der Waals surface area contributed by atoms with Gasteiger partial charge in [-0.2, -0.15) is 0 Å². The van der Waals surface area contributed by atoms with Crippen molar-refractivity contribution in [2.24, 2.45) is 0 Å². The summed E-state index contributed by atoms with van der Waals surface area (Å²) in [6, 6.07) is 7.09. The first-order chi connectivity index (χ1) is 11.9. The van der Waals surface area contributed by atoms with E-state index in [-0.39, 0.29) is 27.8 Å². The van der Waals surface area contributed by atoms with Gasteiger partial charge in [0.05, 0.1) is 6.04 Å². The van der Waals surface area contributed by atoms with Crippen LogP contribution in [0.4, 0.5) is 0 Å². The summed E-state index contributed by atoms with van der Waals surface area (Å²) in [5.41, 5.74) is 1.03. The van der Waals surface area contributed by atoms with E-state index >= 15 is 0 Å². The van der Waals surface area contributed by atoms with Crippen LogP contribution in [0.25, 0.3) is 0 Å². The lowest BCUT2D eigenvalue weighted by Crippen LogP contribution is -2.53. The summed E-state index contributed by atoms with van der Waals surface area (Å²) in [6.45, 7) is 1.97. The molecule has 0 saturated carbocycles. The highest BCUT2D eigenvalue weighted by molar-refractivity contribution is 5.88. The number of nitrogens with one attached hydrogen (secondary N) is 1. The Labute approximate surface area is 168 Å². The van der Waals surface area contributed by atoms with Gasteiger partial charge in [-0.3, -0.25) is 14.9 Å². The van der Waals surface area contributed by atoms with Crippen molar-refractivity contribution in [3.8, 4) is 0 Å². The second-order valence-corrected chi connectivity index (χ2v) is 6.33. The van der Waals surface area contributed by atoms with E-state index in [0.29, 0.717) is 32.2 Å². The van der Waals surface area contributed by atoms with Crippen molar-refractivity contribution >= 4 is 17.8 Å². The zero-order valence-corrected chi connectivity index (χ0v) is 16.2. The van der Waals surface area contributed by atoms with Crippen LogP contribution in [0.5, 0.6) is 0 Å². The maximum absolute atomic E-state index is 12.5. The molecule has 1 fully saturated rings. The summed E-state index contributed by atoms with van der Waals surface area (Å²) in [6.07, 6.45) is 2.00. The van der Waals surface area contributed by atoms with Gasteiger partial charge in [-0.25, -0.2) is 4.79 Å². The molecule has 1 aromatic rings. The molecule has 168 valence electrons. The van der Waals surface area contributed by atoms with Crippen LogP contribution in [0.1, 0.15) is 31.7 Å². The van der Waals surface area contributed by atoms with Gasteiger partial charge in [0, 0.05) is 6.54 Å². The van der Waals surface area contributed by atoms with Crippen LogP contribution in [0, 0.1) is 0 Å². The molecule has 11 N–H and O–H groups in total. The summed E-state index contributed by atoms with van der Waals surface area (Å²) < 4.78 is 0. The molecule has 29 heavy (non-hydrogen) atoms. The van der Waals surface area contributed by atoms with Crippen LogP contribution in [-0.4, -0.2) is 79.5 Å².